The third-order valence-corrected chi connectivity index (χ3v) is 13.4. The van der Waals surface area contributed by atoms with Crippen LogP contribution >= 0.6 is 7.82 Å². The number of carbonyl (C=O) groups excluding carboxylic acids is 1. The topological polar surface area (TPSA) is 108 Å². The van der Waals surface area contributed by atoms with Gasteiger partial charge in [-0.15, -0.1) is 0 Å². The van der Waals surface area contributed by atoms with E-state index in [1.54, 1.807) is 6.08 Å². The van der Waals surface area contributed by atoms with Crippen LogP contribution < -0.4 is 10.2 Å². The number of hydrogen-bond donors (Lipinski definition) is 2. The third-order valence-electron chi connectivity index (χ3n) is 12.4. The SMILES string of the molecule is CC/C=C\C/C=C\C/C=C\C/C=C\C/C=C\C/C=C\CCCCCCCCCCCCCCCCCCCCC(=O)NC(COP(=O)([O-])OCC[N+](C)(C)C)C(O)/C=C/CC/C=C/CC/C=C/CCCCC. The van der Waals surface area contributed by atoms with Gasteiger partial charge in [-0.2, -0.15) is 0 Å². The van der Waals surface area contributed by atoms with E-state index in [2.05, 4.69) is 116 Å². The summed E-state index contributed by atoms with van der Waals surface area (Å²) in [5.41, 5.74) is 0. The molecule has 0 aliphatic heterocycles. The van der Waals surface area contributed by atoms with Gasteiger partial charge in [0.2, 0.25) is 5.91 Å². The highest BCUT2D eigenvalue weighted by molar-refractivity contribution is 7.45. The zero-order valence-electron chi connectivity index (χ0n) is 47.1. The molecule has 0 saturated carbocycles. The molecule has 3 atom stereocenters. The Labute approximate surface area is 444 Å². The van der Waals surface area contributed by atoms with E-state index in [0.717, 1.165) is 89.9 Å². The molecular weight excluding hydrogens is 912 g/mol. The molecule has 8 nitrogen and oxygen atoms in total. The van der Waals surface area contributed by atoms with Crippen molar-refractivity contribution >= 4 is 13.7 Å². The van der Waals surface area contributed by atoms with Gasteiger partial charge < -0.3 is 28.8 Å². The number of phosphoric ester groups is 1. The van der Waals surface area contributed by atoms with Gasteiger partial charge in [-0.1, -0.05) is 239 Å². The van der Waals surface area contributed by atoms with Crippen LogP contribution in [0, 0.1) is 0 Å². The fourth-order valence-electron chi connectivity index (χ4n) is 7.89. The number of likely N-dealkylation sites (N-methyl/N-ethyl adjacent to an activating group) is 1. The monoisotopic (exact) mass is 1020 g/mol. The molecule has 0 spiro atoms. The van der Waals surface area contributed by atoms with Crippen LogP contribution in [0.25, 0.3) is 0 Å². The van der Waals surface area contributed by atoms with Gasteiger partial charge in [0.25, 0.3) is 7.82 Å². The van der Waals surface area contributed by atoms with Gasteiger partial charge in [0.05, 0.1) is 39.9 Å². The molecule has 1 amide bonds. The first-order valence-electron chi connectivity index (χ1n) is 29.2. The Morgan fingerprint density at radius 1 is 0.500 bits per heavy atom. The number of unbranched alkanes of at least 4 members (excludes halogenated alkanes) is 23. The van der Waals surface area contributed by atoms with E-state index >= 15 is 0 Å². The van der Waals surface area contributed by atoms with Gasteiger partial charge in [-0.3, -0.25) is 9.36 Å². The molecule has 414 valence electrons. The number of aliphatic hydroxyl groups excluding tert-OH is 1. The lowest BCUT2D eigenvalue weighted by Crippen LogP contribution is -2.45. The number of carbonyl (C=O) groups is 1. The molecule has 2 N–H and O–H groups in total. The summed E-state index contributed by atoms with van der Waals surface area (Å²) in [5, 5.41) is 13.8. The van der Waals surface area contributed by atoms with Crippen molar-refractivity contribution in [3.63, 3.8) is 0 Å². The Bertz CT molecular complexity index is 1540. The first-order valence-corrected chi connectivity index (χ1v) is 30.7. The minimum absolute atomic E-state index is 0.0123. The van der Waals surface area contributed by atoms with Crippen LogP contribution in [-0.2, 0) is 18.4 Å². The second kappa shape index (κ2) is 53.0. The maximum Gasteiger partial charge on any atom is 0.268 e. The normalized spacial score (nSPS) is 14.7. The first-order chi connectivity index (χ1) is 35.0. The Hall–Kier alpha value is -2.84. The number of allylic oxidation sites excluding steroid dienone is 17. The Kier molecular flexibility index (Phi) is 50.9. The molecule has 0 fully saturated rings. The summed E-state index contributed by atoms with van der Waals surface area (Å²) in [6, 6.07) is -0.913. The lowest BCUT2D eigenvalue weighted by Gasteiger charge is -2.29. The van der Waals surface area contributed by atoms with Crippen LogP contribution in [0.1, 0.15) is 232 Å². The van der Waals surface area contributed by atoms with E-state index in [4.69, 9.17) is 9.05 Å². The van der Waals surface area contributed by atoms with Crippen molar-refractivity contribution in [1.29, 1.82) is 0 Å². The second-order valence-electron chi connectivity index (χ2n) is 20.6. The summed E-state index contributed by atoms with van der Waals surface area (Å²) in [5.74, 6) is -0.214. The van der Waals surface area contributed by atoms with Crippen molar-refractivity contribution in [3.05, 3.63) is 109 Å². The smallest absolute Gasteiger partial charge is 0.268 e. The van der Waals surface area contributed by atoms with Crippen LogP contribution in [0.3, 0.4) is 0 Å². The van der Waals surface area contributed by atoms with E-state index in [1.807, 2.05) is 27.2 Å². The molecule has 0 radical (unpaired) electrons. The zero-order valence-corrected chi connectivity index (χ0v) is 48.0. The van der Waals surface area contributed by atoms with E-state index < -0.39 is 26.6 Å². The van der Waals surface area contributed by atoms with E-state index in [0.29, 0.717) is 17.4 Å². The molecular formula is C63H111N2O6P. The van der Waals surface area contributed by atoms with Crippen molar-refractivity contribution in [2.24, 2.45) is 0 Å². The molecule has 9 heteroatoms. The Balaban J connectivity index is 4.02. The van der Waals surface area contributed by atoms with Crippen molar-refractivity contribution in [3.8, 4) is 0 Å². The highest BCUT2D eigenvalue weighted by Crippen LogP contribution is 2.38. The van der Waals surface area contributed by atoms with Gasteiger partial charge >= 0.3 is 0 Å². The average Bonchev–Trinajstić information content (AvgIpc) is 3.34. The number of quaternary nitrogens is 1. The first kappa shape index (κ1) is 69.2. The van der Waals surface area contributed by atoms with Gasteiger partial charge in [-0.25, -0.2) is 0 Å². The van der Waals surface area contributed by atoms with Crippen LogP contribution in [0.2, 0.25) is 0 Å². The molecule has 0 aromatic carbocycles. The van der Waals surface area contributed by atoms with E-state index in [9.17, 15) is 19.4 Å². The number of aliphatic hydroxyl groups is 1. The summed E-state index contributed by atoms with van der Waals surface area (Å²) < 4.78 is 23.3. The zero-order chi connectivity index (χ0) is 52.7. The average molecular weight is 1020 g/mol. The number of hydrogen-bond acceptors (Lipinski definition) is 6. The molecule has 0 aromatic heterocycles. The quantitative estimate of drug-likeness (QED) is 0.0272. The summed E-state index contributed by atoms with van der Waals surface area (Å²) in [6.07, 6.45) is 77.6. The lowest BCUT2D eigenvalue weighted by molar-refractivity contribution is -0.870. The maximum absolute atomic E-state index is 12.9. The minimum atomic E-state index is -4.61. The molecule has 0 aliphatic rings. The van der Waals surface area contributed by atoms with Crippen molar-refractivity contribution in [1.82, 2.24) is 5.32 Å². The van der Waals surface area contributed by atoms with Crippen LogP contribution in [0.4, 0.5) is 0 Å². The number of nitrogens with zero attached hydrogens (tertiary/aromatic N) is 1. The van der Waals surface area contributed by atoms with Gasteiger partial charge in [-0.05, 0) is 96.3 Å². The fourth-order valence-corrected chi connectivity index (χ4v) is 8.62. The Morgan fingerprint density at radius 3 is 1.29 bits per heavy atom. The summed E-state index contributed by atoms with van der Waals surface area (Å²) >= 11 is 0. The highest BCUT2D eigenvalue weighted by Gasteiger charge is 2.23. The van der Waals surface area contributed by atoms with Crippen molar-refractivity contribution < 1.29 is 32.9 Å². The molecule has 72 heavy (non-hydrogen) atoms. The number of amides is 1. The summed E-state index contributed by atoms with van der Waals surface area (Å²) in [4.78, 5) is 25.4. The van der Waals surface area contributed by atoms with Gasteiger partial charge in [0, 0.05) is 6.42 Å². The predicted molar refractivity (Wildman–Crippen MR) is 311 cm³/mol. The highest BCUT2D eigenvalue weighted by atomic mass is 31.2. The largest absolute Gasteiger partial charge is 0.756 e. The van der Waals surface area contributed by atoms with E-state index in [1.165, 1.54) is 122 Å². The van der Waals surface area contributed by atoms with Gasteiger partial charge in [0.1, 0.15) is 13.2 Å². The third kappa shape index (κ3) is 54.9. The van der Waals surface area contributed by atoms with E-state index in [-0.39, 0.29) is 12.5 Å². The molecule has 0 aromatic rings. The molecule has 0 heterocycles. The van der Waals surface area contributed by atoms with Crippen molar-refractivity contribution in [2.75, 3.05) is 40.9 Å². The summed E-state index contributed by atoms with van der Waals surface area (Å²) in [6.45, 7) is 4.46. The summed E-state index contributed by atoms with van der Waals surface area (Å²) in [7, 11) is 1.23. The molecule has 0 bridgehead atoms. The molecule has 0 saturated heterocycles. The molecule has 3 unspecified atom stereocenters. The lowest BCUT2D eigenvalue weighted by atomic mass is 10.0. The Morgan fingerprint density at radius 2 is 0.861 bits per heavy atom. The fraction of sp³-hybridized carbons (Fsp3) is 0.698. The number of nitrogens with one attached hydrogen (secondary N) is 1. The second-order valence-corrected chi connectivity index (χ2v) is 22.0. The van der Waals surface area contributed by atoms with Gasteiger partial charge in [0.15, 0.2) is 0 Å². The molecule has 0 rings (SSSR count). The van der Waals surface area contributed by atoms with Crippen LogP contribution in [0.15, 0.2) is 109 Å². The van der Waals surface area contributed by atoms with Crippen LogP contribution in [0.5, 0.6) is 0 Å². The minimum Gasteiger partial charge on any atom is -0.756 e. The maximum atomic E-state index is 12.9. The standard InChI is InChI=1S/C63H111N2O6P/c1-6-8-10-12-14-16-18-20-21-22-23-24-25-26-27-28-29-30-31-32-33-34-35-36-37-38-39-40-41-42-43-45-47-49-51-53-55-57-63(67)64-61(60-71-72(68,69)70-59-58-65(3,4)5)62(66)56-54-52-50-48-46-44-19-17-15-13-11-9-7-2/h8,10,14-17,20-21,23-24,26-27,29-30,46,48,54,56,61-62,66H,6-7,9,11-13,18-19,22,25,28,31-45,47,49-53,55,57-60H2,1-5H3,(H-,64,67,68,69)/b10-8-,16-14-,17-15+,21-20-,24-23-,27-26-,30-29-,48-46+,56-54+. The number of phosphoric acid groups is 1. The van der Waals surface area contributed by atoms with Crippen molar-refractivity contribution in [2.45, 2.75) is 244 Å². The number of rotatable bonds is 52. The predicted octanol–water partition coefficient (Wildman–Crippen LogP) is 17.3. The van der Waals surface area contributed by atoms with Crippen LogP contribution in [-0.4, -0.2) is 68.5 Å². The molecule has 0 aliphatic carbocycles.